The average Bonchev–Trinajstić information content (AvgIpc) is 3.26. The van der Waals surface area contributed by atoms with E-state index >= 15 is 0 Å². The molecule has 2 unspecified atom stereocenters. The molecule has 0 aromatic carbocycles. The Morgan fingerprint density at radius 2 is 1.73 bits per heavy atom. The van der Waals surface area contributed by atoms with Gasteiger partial charge < -0.3 is 19.5 Å². The van der Waals surface area contributed by atoms with Gasteiger partial charge in [-0.05, 0) is 98.2 Å². The van der Waals surface area contributed by atoms with E-state index in [1.54, 1.807) is 6.92 Å². The zero-order valence-electron chi connectivity index (χ0n) is 23.9. The van der Waals surface area contributed by atoms with Gasteiger partial charge in [0.25, 0.3) is 0 Å². The van der Waals surface area contributed by atoms with Crippen LogP contribution in [0.15, 0.2) is 0 Å². The second kappa shape index (κ2) is 8.43. The van der Waals surface area contributed by atoms with Gasteiger partial charge in [-0.15, -0.1) is 0 Å². The molecule has 0 bridgehead atoms. The Balaban J connectivity index is 1.25. The number of carbonyl (C=O) groups excluding carboxylic acids is 2. The number of ether oxygens (including phenoxy) is 2. The molecule has 0 aromatic rings. The van der Waals surface area contributed by atoms with E-state index in [1.165, 1.54) is 13.3 Å². The maximum Gasteiger partial charge on any atom is 0.302 e. The largest absolute Gasteiger partial charge is 0.462 e. The summed E-state index contributed by atoms with van der Waals surface area (Å²) in [5.74, 6) is 3.02. The summed E-state index contributed by atoms with van der Waals surface area (Å²) in [5.41, 5.74) is -1.07. The van der Waals surface area contributed by atoms with Crippen molar-refractivity contribution >= 4 is 11.9 Å². The maximum atomic E-state index is 12.8. The SMILES string of the molecule is CC(=O)OC1CC[C@]2(C)[C@H]3CC[C@]4(C)[C@@H]5C(C[C@H]4[C@@H]3CC[C@@]2(O)C1)O[C@]1(CC[C@@H](C)CN1C(C)=O)[C@H]5C. The van der Waals surface area contributed by atoms with Crippen molar-refractivity contribution in [1.82, 2.24) is 4.90 Å². The highest BCUT2D eigenvalue weighted by Crippen LogP contribution is 2.72. The van der Waals surface area contributed by atoms with E-state index in [4.69, 9.17) is 9.47 Å². The molecule has 12 atom stereocenters. The fraction of sp³-hybridized carbons (Fsp3) is 0.935. The summed E-state index contributed by atoms with van der Waals surface area (Å²) in [6.07, 6.45) is 9.84. The molecular weight excluding hydrogens is 466 g/mol. The number of hydrogen-bond donors (Lipinski definition) is 1. The average molecular weight is 516 g/mol. The lowest BCUT2D eigenvalue weighted by molar-refractivity contribution is -0.227. The van der Waals surface area contributed by atoms with Gasteiger partial charge in [-0.1, -0.05) is 27.7 Å². The monoisotopic (exact) mass is 515 g/mol. The standard InChI is InChI=1S/C31H49NO5/c1-18-7-14-31(32(17-18)20(3)33)19(2)27-26(37-31)15-25-23-9-13-30(35)16-22(36-21(4)34)8-12-29(30,6)24(23)10-11-28(25,27)5/h18-19,22-27,35H,7-17H2,1-6H3/t18-,19+,22?,23-,24+,25+,26?,27+,28+,29-,30-,31-/m1/s1. The number of esters is 1. The van der Waals surface area contributed by atoms with Gasteiger partial charge in [0.05, 0.1) is 11.7 Å². The third-order valence-corrected chi connectivity index (χ3v) is 13.1. The van der Waals surface area contributed by atoms with Crippen LogP contribution in [-0.4, -0.2) is 52.0 Å². The molecule has 6 heteroatoms. The first-order valence-corrected chi connectivity index (χ1v) is 15.2. The van der Waals surface area contributed by atoms with Crippen LogP contribution < -0.4 is 0 Å². The predicted octanol–water partition coefficient (Wildman–Crippen LogP) is 5.31. The van der Waals surface area contributed by atoms with Gasteiger partial charge >= 0.3 is 5.97 Å². The molecule has 6 nitrogen and oxygen atoms in total. The van der Waals surface area contributed by atoms with E-state index in [0.717, 1.165) is 57.9 Å². The summed E-state index contributed by atoms with van der Waals surface area (Å²) in [7, 11) is 0. The minimum atomic E-state index is -0.747. The summed E-state index contributed by atoms with van der Waals surface area (Å²) in [5, 5.41) is 12.0. The normalized spacial score (nSPS) is 54.7. The lowest BCUT2D eigenvalue weighted by Crippen LogP contribution is -2.63. The summed E-state index contributed by atoms with van der Waals surface area (Å²) < 4.78 is 12.7. The van der Waals surface area contributed by atoms with Crippen LogP contribution in [0.2, 0.25) is 0 Å². The Kier molecular flexibility index (Phi) is 5.95. The van der Waals surface area contributed by atoms with Crippen molar-refractivity contribution in [2.24, 2.45) is 46.3 Å². The van der Waals surface area contributed by atoms with E-state index in [0.29, 0.717) is 41.9 Å². The van der Waals surface area contributed by atoms with E-state index in [1.807, 2.05) is 0 Å². The van der Waals surface area contributed by atoms with E-state index in [9.17, 15) is 14.7 Å². The molecule has 2 saturated heterocycles. The molecule has 0 aromatic heterocycles. The highest BCUT2D eigenvalue weighted by Gasteiger charge is 2.71. The van der Waals surface area contributed by atoms with E-state index in [-0.39, 0.29) is 34.9 Å². The minimum absolute atomic E-state index is 0.121. The van der Waals surface area contributed by atoms with Crippen molar-refractivity contribution in [1.29, 1.82) is 0 Å². The molecule has 6 rings (SSSR count). The molecule has 208 valence electrons. The number of amides is 1. The molecule has 4 saturated carbocycles. The molecule has 0 radical (unpaired) electrons. The molecule has 6 aliphatic rings. The first-order valence-electron chi connectivity index (χ1n) is 15.2. The molecule has 4 aliphatic carbocycles. The zero-order valence-corrected chi connectivity index (χ0v) is 23.9. The molecular formula is C31H49NO5. The number of likely N-dealkylation sites (tertiary alicyclic amines) is 1. The van der Waals surface area contributed by atoms with Crippen LogP contribution in [0.25, 0.3) is 0 Å². The van der Waals surface area contributed by atoms with Crippen molar-refractivity contribution < 1.29 is 24.2 Å². The number of piperidine rings is 1. The Bertz CT molecular complexity index is 969. The number of fused-ring (bicyclic) bond motifs is 7. The molecule has 1 spiro atoms. The Labute approximate surface area is 223 Å². The fourth-order valence-electron chi connectivity index (χ4n) is 11.4. The van der Waals surface area contributed by atoms with Crippen molar-refractivity contribution in [2.45, 2.75) is 129 Å². The predicted molar refractivity (Wildman–Crippen MR) is 140 cm³/mol. The van der Waals surface area contributed by atoms with Gasteiger partial charge in [0, 0.05) is 32.7 Å². The molecule has 1 amide bonds. The Morgan fingerprint density at radius 1 is 0.973 bits per heavy atom. The molecule has 2 heterocycles. The van der Waals surface area contributed by atoms with Crippen LogP contribution in [0.5, 0.6) is 0 Å². The molecule has 1 N–H and O–H groups in total. The summed E-state index contributed by atoms with van der Waals surface area (Å²) in [6.45, 7) is 13.5. The van der Waals surface area contributed by atoms with Crippen LogP contribution in [0.4, 0.5) is 0 Å². The number of rotatable bonds is 1. The summed E-state index contributed by atoms with van der Waals surface area (Å²) in [6, 6.07) is 0. The Morgan fingerprint density at radius 3 is 2.43 bits per heavy atom. The van der Waals surface area contributed by atoms with Crippen LogP contribution in [-0.2, 0) is 19.1 Å². The maximum absolute atomic E-state index is 12.8. The van der Waals surface area contributed by atoms with Crippen LogP contribution in [0.3, 0.4) is 0 Å². The zero-order chi connectivity index (χ0) is 26.5. The van der Waals surface area contributed by atoms with Crippen molar-refractivity contribution in [3.8, 4) is 0 Å². The lowest BCUT2D eigenvalue weighted by atomic mass is 9.43. The molecule has 6 fully saturated rings. The van der Waals surface area contributed by atoms with Crippen LogP contribution in [0, 0.1) is 46.3 Å². The van der Waals surface area contributed by atoms with Gasteiger partial charge in [0.2, 0.25) is 5.91 Å². The lowest BCUT2D eigenvalue weighted by Gasteiger charge is -2.64. The van der Waals surface area contributed by atoms with Gasteiger partial charge in [-0.25, -0.2) is 0 Å². The third kappa shape index (κ3) is 3.49. The van der Waals surface area contributed by atoms with Crippen molar-refractivity contribution in [3.63, 3.8) is 0 Å². The summed E-state index contributed by atoms with van der Waals surface area (Å²) >= 11 is 0. The van der Waals surface area contributed by atoms with E-state index < -0.39 is 11.3 Å². The second-order valence-electron chi connectivity index (χ2n) is 14.7. The first-order chi connectivity index (χ1) is 17.3. The second-order valence-corrected chi connectivity index (χ2v) is 14.7. The summed E-state index contributed by atoms with van der Waals surface area (Å²) in [4.78, 5) is 26.5. The first kappa shape index (κ1) is 26.1. The number of nitrogens with zero attached hydrogens (tertiary/aromatic N) is 1. The van der Waals surface area contributed by atoms with Gasteiger partial charge in [0.1, 0.15) is 11.8 Å². The fourth-order valence-corrected chi connectivity index (χ4v) is 11.4. The van der Waals surface area contributed by atoms with Gasteiger partial charge in [-0.3, -0.25) is 9.59 Å². The highest BCUT2D eigenvalue weighted by atomic mass is 16.5. The number of carbonyl (C=O) groups is 2. The third-order valence-electron chi connectivity index (χ3n) is 13.1. The molecule has 37 heavy (non-hydrogen) atoms. The van der Waals surface area contributed by atoms with Crippen molar-refractivity contribution in [3.05, 3.63) is 0 Å². The number of aliphatic hydroxyl groups is 1. The highest BCUT2D eigenvalue weighted by molar-refractivity contribution is 5.74. The van der Waals surface area contributed by atoms with Crippen molar-refractivity contribution in [2.75, 3.05) is 6.54 Å². The van der Waals surface area contributed by atoms with E-state index in [2.05, 4.69) is 32.6 Å². The topological polar surface area (TPSA) is 76.1 Å². The van der Waals surface area contributed by atoms with Crippen LogP contribution in [0.1, 0.15) is 106 Å². The quantitative estimate of drug-likeness (QED) is 0.479. The minimum Gasteiger partial charge on any atom is -0.462 e. The van der Waals surface area contributed by atoms with Crippen LogP contribution >= 0.6 is 0 Å². The van der Waals surface area contributed by atoms with Gasteiger partial charge in [0.15, 0.2) is 0 Å². The smallest absolute Gasteiger partial charge is 0.302 e. The van der Waals surface area contributed by atoms with Gasteiger partial charge in [-0.2, -0.15) is 0 Å². The molecule has 2 aliphatic heterocycles. The Hall–Kier alpha value is -1.14. The number of hydrogen-bond acceptors (Lipinski definition) is 5.